The van der Waals surface area contributed by atoms with Gasteiger partial charge < -0.3 is 10.1 Å². The second-order valence-electron chi connectivity index (χ2n) is 7.54. The standard InChI is InChI=1S/C22H30N2O4S/c1-15-7-11-21(12-8-15)28-14-18(4)23-22(25)19(5)24(29(6,26)27)20-10-9-16(2)17(3)13-20/h7-13,18-19H,14H2,1-6H3,(H,23,25)/t18-,19-/m0/s1. The van der Waals surface area contributed by atoms with Gasteiger partial charge in [-0.15, -0.1) is 0 Å². The van der Waals surface area contributed by atoms with Crippen LogP contribution < -0.4 is 14.4 Å². The Morgan fingerprint density at radius 3 is 2.21 bits per heavy atom. The fraction of sp³-hybridized carbons (Fsp3) is 0.409. The van der Waals surface area contributed by atoms with Crippen molar-refractivity contribution >= 4 is 21.6 Å². The van der Waals surface area contributed by atoms with Gasteiger partial charge >= 0.3 is 0 Å². The molecule has 0 aliphatic rings. The first kappa shape index (κ1) is 22.7. The predicted octanol–water partition coefficient (Wildman–Crippen LogP) is 3.35. The van der Waals surface area contributed by atoms with Crippen molar-refractivity contribution in [3.05, 3.63) is 59.2 Å². The number of anilines is 1. The molecule has 0 unspecified atom stereocenters. The van der Waals surface area contributed by atoms with E-state index in [0.29, 0.717) is 5.69 Å². The monoisotopic (exact) mass is 418 g/mol. The SMILES string of the molecule is Cc1ccc(OC[C@H](C)NC(=O)[C@H](C)N(c2ccc(C)c(C)c2)S(C)(=O)=O)cc1. The highest BCUT2D eigenvalue weighted by molar-refractivity contribution is 7.92. The molecule has 0 saturated carbocycles. The van der Waals surface area contributed by atoms with Gasteiger partial charge in [-0.05, 0) is 70.0 Å². The summed E-state index contributed by atoms with van der Waals surface area (Å²) in [5.41, 5.74) is 3.63. The highest BCUT2D eigenvalue weighted by atomic mass is 32.2. The van der Waals surface area contributed by atoms with Crippen molar-refractivity contribution in [3.63, 3.8) is 0 Å². The van der Waals surface area contributed by atoms with Gasteiger partial charge in [0, 0.05) is 0 Å². The number of sulfonamides is 1. The molecule has 0 fully saturated rings. The highest BCUT2D eigenvalue weighted by Gasteiger charge is 2.30. The van der Waals surface area contributed by atoms with Crippen LogP contribution in [0.4, 0.5) is 5.69 Å². The molecule has 2 aromatic rings. The van der Waals surface area contributed by atoms with Gasteiger partial charge in [0.05, 0.1) is 18.0 Å². The van der Waals surface area contributed by atoms with Crippen LogP contribution in [0.15, 0.2) is 42.5 Å². The van der Waals surface area contributed by atoms with Crippen LogP contribution in [-0.4, -0.2) is 39.3 Å². The second kappa shape index (κ2) is 9.31. The molecule has 2 rings (SSSR count). The average molecular weight is 419 g/mol. The molecule has 6 nitrogen and oxygen atoms in total. The number of benzene rings is 2. The van der Waals surface area contributed by atoms with Crippen LogP contribution in [0.2, 0.25) is 0 Å². The van der Waals surface area contributed by atoms with Crippen molar-refractivity contribution in [2.24, 2.45) is 0 Å². The number of nitrogens with zero attached hydrogens (tertiary/aromatic N) is 1. The molecule has 0 spiro atoms. The van der Waals surface area contributed by atoms with Gasteiger partial charge in [0.1, 0.15) is 18.4 Å². The molecule has 0 bridgehead atoms. The topological polar surface area (TPSA) is 75.7 Å². The third kappa shape index (κ3) is 6.22. The lowest BCUT2D eigenvalue weighted by atomic mass is 10.1. The first-order valence-electron chi connectivity index (χ1n) is 9.55. The molecular weight excluding hydrogens is 388 g/mol. The molecular formula is C22H30N2O4S. The fourth-order valence-electron chi connectivity index (χ4n) is 2.93. The Labute approximate surface area is 173 Å². The van der Waals surface area contributed by atoms with Gasteiger partial charge in [-0.25, -0.2) is 8.42 Å². The van der Waals surface area contributed by atoms with Crippen LogP contribution in [0.5, 0.6) is 5.75 Å². The van der Waals surface area contributed by atoms with E-state index >= 15 is 0 Å². The van der Waals surface area contributed by atoms with Crippen LogP contribution in [0.3, 0.4) is 0 Å². The van der Waals surface area contributed by atoms with E-state index in [2.05, 4.69) is 5.32 Å². The molecule has 7 heteroatoms. The Morgan fingerprint density at radius 1 is 1.03 bits per heavy atom. The number of ether oxygens (including phenoxy) is 1. The quantitative estimate of drug-likeness (QED) is 0.713. The summed E-state index contributed by atoms with van der Waals surface area (Å²) in [6, 6.07) is 11.8. The maximum atomic E-state index is 12.7. The van der Waals surface area contributed by atoms with Gasteiger partial charge in [0.15, 0.2) is 0 Å². The Bertz CT molecular complexity index is 955. The molecule has 0 aliphatic carbocycles. The molecule has 0 aliphatic heterocycles. The van der Waals surface area contributed by atoms with Crippen molar-refractivity contribution in [3.8, 4) is 5.75 Å². The van der Waals surface area contributed by atoms with E-state index in [4.69, 9.17) is 4.74 Å². The van der Waals surface area contributed by atoms with E-state index in [-0.39, 0.29) is 18.6 Å². The molecule has 0 radical (unpaired) electrons. The number of carbonyl (C=O) groups is 1. The highest BCUT2D eigenvalue weighted by Crippen LogP contribution is 2.23. The van der Waals surface area contributed by atoms with Crippen molar-refractivity contribution in [1.82, 2.24) is 5.32 Å². The van der Waals surface area contributed by atoms with E-state index in [1.807, 2.05) is 58.0 Å². The number of nitrogens with one attached hydrogen (secondary N) is 1. The summed E-state index contributed by atoms with van der Waals surface area (Å²) < 4.78 is 31.7. The van der Waals surface area contributed by atoms with Crippen LogP contribution in [0.1, 0.15) is 30.5 Å². The fourth-order valence-corrected chi connectivity index (χ4v) is 4.10. The maximum absolute atomic E-state index is 12.7. The first-order valence-corrected chi connectivity index (χ1v) is 11.4. The van der Waals surface area contributed by atoms with Crippen molar-refractivity contribution < 1.29 is 17.9 Å². The van der Waals surface area contributed by atoms with E-state index in [1.54, 1.807) is 19.1 Å². The van der Waals surface area contributed by atoms with Crippen molar-refractivity contribution in [2.75, 3.05) is 17.2 Å². The maximum Gasteiger partial charge on any atom is 0.243 e. The van der Waals surface area contributed by atoms with Gasteiger partial charge in [0.25, 0.3) is 0 Å². The Morgan fingerprint density at radius 2 is 1.66 bits per heavy atom. The minimum Gasteiger partial charge on any atom is -0.491 e. The lowest BCUT2D eigenvalue weighted by molar-refractivity contribution is -0.122. The first-order chi connectivity index (χ1) is 13.5. The Balaban J connectivity index is 2.08. The van der Waals surface area contributed by atoms with E-state index in [9.17, 15) is 13.2 Å². The predicted molar refractivity (Wildman–Crippen MR) is 117 cm³/mol. The molecule has 0 heterocycles. The summed E-state index contributed by atoms with van der Waals surface area (Å²) >= 11 is 0. The van der Waals surface area contributed by atoms with E-state index in [1.165, 1.54) is 0 Å². The number of hydrogen-bond acceptors (Lipinski definition) is 4. The van der Waals surface area contributed by atoms with Crippen molar-refractivity contribution in [1.29, 1.82) is 0 Å². The summed E-state index contributed by atoms with van der Waals surface area (Å²) in [5.74, 6) is 0.339. The molecule has 2 atom stereocenters. The Hall–Kier alpha value is -2.54. The van der Waals surface area contributed by atoms with Gasteiger partial charge in [-0.2, -0.15) is 0 Å². The summed E-state index contributed by atoms with van der Waals surface area (Å²) in [7, 11) is -3.65. The van der Waals surface area contributed by atoms with Gasteiger partial charge in [0.2, 0.25) is 15.9 Å². The molecule has 29 heavy (non-hydrogen) atoms. The third-order valence-corrected chi connectivity index (χ3v) is 5.98. The van der Waals surface area contributed by atoms with Crippen LogP contribution in [0, 0.1) is 20.8 Å². The van der Waals surface area contributed by atoms with Crippen molar-refractivity contribution in [2.45, 2.75) is 46.7 Å². The number of amides is 1. The van der Waals surface area contributed by atoms with E-state index < -0.39 is 16.1 Å². The molecule has 1 amide bonds. The number of aryl methyl sites for hydroxylation is 3. The Kier molecular flexibility index (Phi) is 7.30. The largest absolute Gasteiger partial charge is 0.491 e. The lowest BCUT2D eigenvalue weighted by Crippen LogP contribution is -2.50. The number of hydrogen-bond donors (Lipinski definition) is 1. The minimum absolute atomic E-state index is 0.282. The summed E-state index contributed by atoms with van der Waals surface area (Å²) in [4.78, 5) is 12.7. The molecule has 0 saturated heterocycles. The van der Waals surface area contributed by atoms with Crippen LogP contribution >= 0.6 is 0 Å². The summed E-state index contributed by atoms with van der Waals surface area (Å²) in [6.45, 7) is 9.55. The van der Waals surface area contributed by atoms with Gasteiger partial charge in [-0.1, -0.05) is 23.8 Å². The minimum atomic E-state index is -3.65. The summed E-state index contributed by atoms with van der Waals surface area (Å²) in [6.07, 6.45) is 1.11. The molecule has 1 N–H and O–H groups in total. The average Bonchev–Trinajstić information content (AvgIpc) is 2.63. The normalized spacial score (nSPS) is 13.4. The molecule has 158 valence electrons. The zero-order chi connectivity index (χ0) is 21.8. The smallest absolute Gasteiger partial charge is 0.243 e. The summed E-state index contributed by atoms with van der Waals surface area (Å²) in [5, 5.41) is 2.84. The third-order valence-electron chi connectivity index (χ3n) is 4.74. The molecule has 2 aromatic carbocycles. The van der Waals surface area contributed by atoms with Gasteiger partial charge in [-0.3, -0.25) is 9.10 Å². The van der Waals surface area contributed by atoms with E-state index in [0.717, 1.165) is 33.0 Å². The van der Waals surface area contributed by atoms with Crippen LogP contribution in [-0.2, 0) is 14.8 Å². The second-order valence-corrected chi connectivity index (χ2v) is 9.40. The zero-order valence-electron chi connectivity index (χ0n) is 17.9. The lowest BCUT2D eigenvalue weighted by Gasteiger charge is -2.29. The van der Waals surface area contributed by atoms with Crippen LogP contribution in [0.25, 0.3) is 0 Å². The molecule has 0 aromatic heterocycles. The number of rotatable bonds is 8. The zero-order valence-corrected chi connectivity index (χ0v) is 18.7. The number of carbonyl (C=O) groups excluding carboxylic acids is 1.